The molecule has 2 aromatic carbocycles. The van der Waals surface area contributed by atoms with Crippen LogP contribution in [0.2, 0.25) is 5.02 Å². The Morgan fingerprint density at radius 3 is 2.81 bits per heavy atom. The fraction of sp³-hybridized carbons (Fsp3) is 0. The van der Waals surface area contributed by atoms with Crippen LogP contribution in [0.5, 0.6) is 0 Å². The van der Waals surface area contributed by atoms with E-state index < -0.39 is 0 Å². The second-order valence-corrected chi connectivity index (χ2v) is 5.19. The number of fused-ring (bicyclic) bond motifs is 3. The van der Waals surface area contributed by atoms with Crippen molar-refractivity contribution in [2.45, 2.75) is 0 Å². The summed E-state index contributed by atoms with van der Waals surface area (Å²) in [6, 6.07) is 17.7. The molecule has 4 aromatic rings. The first kappa shape index (κ1) is 12.2. The number of hydrogen-bond donors (Lipinski definition) is 1. The zero-order valence-corrected chi connectivity index (χ0v) is 11.7. The molecule has 0 saturated carbocycles. The lowest BCUT2D eigenvalue weighted by molar-refractivity contribution is 0.940. The molecule has 1 N–H and O–H groups in total. The number of rotatable bonds is 2. The van der Waals surface area contributed by atoms with Gasteiger partial charge in [0.25, 0.3) is 0 Å². The molecule has 21 heavy (non-hydrogen) atoms. The van der Waals surface area contributed by atoms with Gasteiger partial charge in [-0.25, -0.2) is 9.50 Å². The molecule has 0 unspecified atom stereocenters. The summed E-state index contributed by atoms with van der Waals surface area (Å²) in [5, 5.41) is 9.52. The summed E-state index contributed by atoms with van der Waals surface area (Å²) in [5.41, 5.74) is 2.88. The van der Waals surface area contributed by atoms with Crippen LogP contribution < -0.4 is 5.32 Å². The van der Waals surface area contributed by atoms with Crippen molar-refractivity contribution in [1.82, 2.24) is 14.6 Å². The Hall–Kier alpha value is -2.59. The molecule has 0 aliphatic rings. The zero-order chi connectivity index (χ0) is 14.2. The molecule has 2 heterocycles. The quantitative estimate of drug-likeness (QED) is 0.600. The lowest BCUT2D eigenvalue weighted by atomic mass is 10.2. The summed E-state index contributed by atoms with van der Waals surface area (Å²) in [6.07, 6.45) is 1.81. The maximum absolute atomic E-state index is 5.98. The highest BCUT2D eigenvalue weighted by atomic mass is 35.5. The van der Waals surface area contributed by atoms with Crippen molar-refractivity contribution in [2.24, 2.45) is 0 Å². The van der Waals surface area contributed by atoms with Crippen LogP contribution in [-0.2, 0) is 0 Å². The minimum Gasteiger partial charge on any atom is -0.323 e. The third-order valence-corrected chi connectivity index (χ3v) is 3.54. The smallest absolute Gasteiger partial charge is 0.245 e. The number of nitrogens with zero attached hydrogens (tertiary/aromatic N) is 3. The molecule has 0 saturated heterocycles. The average Bonchev–Trinajstić information content (AvgIpc) is 2.85. The fourth-order valence-electron chi connectivity index (χ4n) is 2.37. The molecule has 0 amide bonds. The van der Waals surface area contributed by atoms with E-state index in [0.29, 0.717) is 11.0 Å². The van der Waals surface area contributed by atoms with Gasteiger partial charge in [-0.15, -0.1) is 5.10 Å². The average molecular weight is 295 g/mol. The Labute approximate surface area is 126 Å². The maximum atomic E-state index is 5.98. The molecule has 0 spiro atoms. The second-order valence-electron chi connectivity index (χ2n) is 4.76. The van der Waals surface area contributed by atoms with Crippen LogP contribution in [0.1, 0.15) is 0 Å². The molecule has 4 nitrogen and oxygen atoms in total. The van der Waals surface area contributed by atoms with Gasteiger partial charge in [-0.2, -0.15) is 0 Å². The van der Waals surface area contributed by atoms with Crippen molar-refractivity contribution in [3.63, 3.8) is 0 Å². The van der Waals surface area contributed by atoms with Gasteiger partial charge < -0.3 is 5.32 Å². The predicted octanol–water partition coefficient (Wildman–Crippen LogP) is 4.28. The van der Waals surface area contributed by atoms with Crippen LogP contribution >= 0.6 is 11.6 Å². The largest absolute Gasteiger partial charge is 0.323 e. The van der Waals surface area contributed by atoms with Gasteiger partial charge in [0, 0.05) is 16.1 Å². The van der Waals surface area contributed by atoms with Crippen molar-refractivity contribution in [1.29, 1.82) is 0 Å². The number of para-hydroxylation sites is 1. The van der Waals surface area contributed by atoms with Gasteiger partial charge in [0.15, 0.2) is 0 Å². The van der Waals surface area contributed by atoms with Crippen LogP contribution in [0.4, 0.5) is 11.6 Å². The molecule has 0 fully saturated rings. The van der Waals surface area contributed by atoms with E-state index in [1.54, 1.807) is 6.20 Å². The summed E-state index contributed by atoms with van der Waals surface area (Å²) < 4.78 is 1.88. The maximum Gasteiger partial charge on any atom is 0.245 e. The fourth-order valence-corrected chi connectivity index (χ4v) is 2.56. The first-order valence-electron chi connectivity index (χ1n) is 6.56. The first-order valence-corrected chi connectivity index (χ1v) is 6.93. The van der Waals surface area contributed by atoms with Gasteiger partial charge in [-0.05, 0) is 30.3 Å². The normalized spacial score (nSPS) is 11.1. The number of halogens is 1. The van der Waals surface area contributed by atoms with Gasteiger partial charge in [0.05, 0.1) is 17.2 Å². The summed E-state index contributed by atoms with van der Waals surface area (Å²) in [7, 11) is 0. The van der Waals surface area contributed by atoms with E-state index in [4.69, 9.17) is 11.6 Å². The number of nitrogens with one attached hydrogen (secondary N) is 1. The molecule has 0 aliphatic carbocycles. The van der Waals surface area contributed by atoms with Gasteiger partial charge in [-0.3, -0.25) is 0 Å². The van der Waals surface area contributed by atoms with Crippen molar-refractivity contribution in [3.05, 3.63) is 65.8 Å². The van der Waals surface area contributed by atoms with Crippen LogP contribution in [0.25, 0.3) is 16.4 Å². The van der Waals surface area contributed by atoms with Crippen molar-refractivity contribution in [2.75, 3.05) is 5.32 Å². The molecule has 4 rings (SSSR count). The highest BCUT2D eigenvalue weighted by molar-refractivity contribution is 6.30. The van der Waals surface area contributed by atoms with E-state index >= 15 is 0 Å². The minimum absolute atomic E-state index is 0.533. The van der Waals surface area contributed by atoms with E-state index in [0.717, 1.165) is 22.1 Å². The van der Waals surface area contributed by atoms with E-state index in [9.17, 15) is 0 Å². The van der Waals surface area contributed by atoms with Crippen molar-refractivity contribution in [3.8, 4) is 0 Å². The third-order valence-electron chi connectivity index (χ3n) is 3.31. The Kier molecular flexibility index (Phi) is 2.75. The van der Waals surface area contributed by atoms with Gasteiger partial charge in [0.1, 0.15) is 0 Å². The highest BCUT2D eigenvalue weighted by Crippen LogP contribution is 2.21. The Morgan fingerprint density at radius 2 is 1.90 bits per heavy atom. The summed E-state index contributed by atoms with van der Waals surface area (Å²) in [5.74, 6) is 0.533. The molecule has 2 aromatic heterocycles. The van der Waals surface area contributed by atoms with E-state index in [2.05, 4.69) is 27.5 Å². The molecule has 0 radical (unpaired) electrons. The van der Waals surface area contributed by atoms with Gasteiger partial charge in [0.2, 0.25) is 5.95 Å². The van der Waals surface area contributed by atoms with E-state index in [-0.39, 0.29) is 0 Å². The lowest BCUT2D eigenvalue weighted by Gasteiger charge is -2.05. The minimum atomic E-state index is 0.533. The molecule has 0 bridgehead atoms. The molecule has 102 valence electrons. The van der Waals surface area contributed by atoms with Crippen molar-refractivity contribution >= 4 is 39.7 Å². The Morgan fingerprint density at radius 1 is 1.00 bits per heavy atom. The summed E-state index contributed by atoms with van der Waals surface area (Å²) in [6.45, 7) is 0. The Balaban J connectivity index is 1.81. The molecular formula is C16H11ClN4. The second kappa shape index (κ2) is 4.75. The van der Waals surface area contributed by atoms with E-state index in [1.807, 2.05) is 47.0 Å². The van der Waals surface area contributed by atoms with Crippen LogP contribution in [0, 0.1) is 0 Å². The number of aromatic nitrogens is 3. The monoisotopic (exact) mass is 294 g/mol. The number of benzene rings is 2. The first-order chi connectivity index (χ1) is 10.3. The molecule has 5 heteroatoms. The number of hydrogen-bond acceptors (Lipinski definition) is 3. The SMILES string of the molecule is Clc1cccc(Nc2ncc3cc4ccccc4n3n2)c1. The van der Waals surface area contributed by atoms with Crippen LogP contribution in [-0.4, -0.2) is 14.6 Å². The lowest BCUT2D eigenvalue weighted by Crippen LogP contribution is -2.01. The summed E-state index contributed by atoms with van der Waals surface area (Å²) in [4.78, 5) is 4.34. The predicted molar refractivity (Wildman–Crippen MR) is 85.2 cm³/mol. The standard InChI is InChI=1S/C16H11ClN4/c17-12-5-3-6-13(9-12)19-16-18-10-14-8-11-4-1-2-7-15(11)21(14)20-16/h1-10H,(H,19,20). The highest BCUT2D eigenvalue weighted by Gasteiger charge is 2.05. The van der Waals surface area contributed by atoms with Gasteiger partial charge in [-0.1, -0.05) is 35.9 Å². The zero-order valence-electron chi connectivity index (χ0n) is 11.0. The topological polar surface area (TPSA) is 42.2 Å². The van der Waals surface area contributed by atoms with Crippen molar-refractivity contribution < 1.29 is 0 Å². The van der Waals surface area contributed by atoms with Crippen LogP contribution in [0.3, 0.4) is 0 Å². The molecular weight excluding hydrogens is 284 g/mol. The Bertz CT molecular complexity index is 945. The van der Waals surface area contributed by atoms with Gasteiger partial charge >= 0.3 is 0 Å². The third kappa shape index (κ3) is 2.19. The molecule has 0 atom stereocenters. The molecule has 0 aliphatic heterocycles. The number of anilines is 2. The van der Waals surface area contributed by atoms with Crippen LogP contribution in [0.15, 0.2) is 60.8 Å². The summed E-state index contributed by atoms with van der Waals surface area (Å²) >= 11 is 5.98. The van der Waals surface area contributed by atoms with E-state index in [1.165, 1.54) is 0 Å².